The molecule has 0 saturated heterocycles. The van der Waals surface area contributed by atoms with Gasteiger partial charge >= 0.3 is 0 Å². The van der Waals surface area contributed by atoms with Gasteiger partial charge < -0.3 is 15.4 Å². The van der Waals surface area contributed by atoms with Gasteiger partial charge in [-0.15, -0.1) is 0 Å². The SMILES string of the molecule is Cc1ccc(N)c(Oc2cccc(N(C)C)c2)n1. The summed E-state index contributed by atoms with van der Waals surface area (Å²) in [4.78, 5) is 6.30. The minimum Gasteiger partial charge on any atom is -0.437 e. The topological polar surface area (TPSA) is 51.4 Å². The van der Waals surface area contributed by atoms with E-state index in [4.69, 9.17) is 10.5 Å². The molecule has 2 aromatic rings. The Labute approximate surface area is 107 Å². The number of nitrogen functional groups attached to an aromatic ring is 1. The van der Waals surface area contributed by atoms with Crippen molar-refractivity contribution < 1.29 is 4.74 Å². The lowest BCUT2D eigenvalue weighted by Crippen LogP contribution is -2.08. The monoisotopic (exact) mass is 243 g/mol. The van der Waals surface area contributed by atoms with Crippen molar-refractivity contribution in [3.05, 3.63) is 42.1 Å². The third kappa shape index (κ3) is 2.71. The number of aromatic nitrogens is 1. The molecule has 0 aliphatic carbocycles. The van der Waals surface area contributed by atoms with Crippen LogP contribution in [0, 0.1) is 6.92 Å². The molecule has 0 aliphatic rings. The molecule has 94 valence electrons. The predicted octanol–water partition coefficient (Wildman–Crippen LogP) is 2.83. The molecule has 0 unspecified atom stereocenters. The van der Waals surface area contributed by atoms with E-state index in [-0.39, 0.29) is 0 Å². The molecule has 0 aliphatic heterocycles. The van der Waals surface area contributed by atoms with Crippen LogP contribution in [0.2, 0.25) is 0 Å². The minimum atomic E-state index is 0.450. The average molecular weight is 243 g/mol. The third-order valence-corrected chi connectivity index (χ3v) is 2.58. The van der Waals surface area contributed by atoms with E-state index in [0.717, 1.165) is 17.1 Å². The van der Waals surface area contributed by atoms with Crippen LogP contribution in [0.5, 0.6) is 11.6 Å². The molecule has 4 heteroatoms. The fourth-order valence-corrected chi connectivity index (χ4v) is 1.56. The average Bonchev–Trinajstić information content (AvgIpc) is 2.34. The van der Waals surface area contributed by atoms with Gasteiger partial charge in [0.2, 0.25) is 5.88 Å². The lowest BCUT2D eigenvalue weighted by atomic mass is 10.3. The highest BCUT2D eigenvalue weighted by Crippen LogP contribution is 2.27. The van der Waals surface area contributed by atoms with Crippen LogP contribution < -0.4 is 15.4 Å². The number of ether oxygens (including phenoxy) is 1. The zero-order valence-electron chi connectivity index (χ0n) is 10.8. The molecule has 0 atom stereocenters. The molecule has 2 rings (SSSR count). The Morgan fingerprint density at radius 2 is 1.94 bits per heavy atom. The fourth-order valence-electron chi connectivity index (χ4n) is 1.56. The summed E-state index contributed by atoms with van der Waals surface area (Å²) >= 11 is 0. The van der Waals surface area contributed by atoms with Gasteiger partial charge in [-0.3, -0.25) is 0 Å². The van der Waals surface area contributed by atoms with Crippen molar-refractivity contribution >= 4 is 11.4 Å². The van der Waals surface area contributed by atoms with Crippen LogP contribution in [0.25, 0.3) is 0 Å². The predicted molar refractivity (Wildman–Crippen MR) is 74.2 cm³/mol. The molecule has 4 nitrogen and oxygen atoms in total. The highest BCUT2D eigenvalue weighted by atomic mass is 16.5. The molecule has 0 saturated carbocycles. The van der Waals surface area contributed by atoms with Gasteiger partial charge in [0.25, 0.3) is 0 Å². The van der Waals surface area contributed by atoms with Crippen molar-refractivity contribution in [2.75, 3.05) is 24.7 Å². The summed E-state index contributed by atoms with van der Waals surface area (Å²) in [5, 5.41) is 0. The van der Waals surface area contributed by atoms with E-state index >= 15 is 0 Å². The van der Waals surface area contributed by atoms with E-state index in [1.54, 1.807) is 6.07 Å². The van der Waals surface area contributed by atoms with Gasteiger partial charge in [0.05, 0.1) is 5.69 Å². The number of anilines is 2. The van der Waals surface area contributed by atoms with Crippen LogP contribution in [0.4, 0.5) is 11.4 Å². The standard InChI is InChI=1S/C14H17N3O/c1-10-7-8-13(15)14(16-10)18-12-6-4-5-11(9-12)17(2)3/h4-9H,15H2,1-3H3. The molecule has 0 amide bonds. The Balaban J connectivity index is 2.28. The van der Waals surface area contributed by atoms with E-state index in [1.165, 1.54) is 0 Å². The van der Waals surface area contributed by atoms with Crippen molar-refractivity contribution in [2.24, 2.45) is 0 Å². The molecule has 1 aromatic carbocycles. The number of aryl methyl sites for hydroxylation is 1. The largest absolute Gasteiger partial charge is 0.437 e. The zero-order valence-corrected chi connectivity index (χ0v) is 10.8. The maximum absolute atomic E-state index is 5.84. The number of hydrogen-bond donors (Lipinski definition) is 1. The summed E-state index contributed by atoms with van der Waals surface area (Å²) in [6.45, 7) is 1.91. The van der Waals surface area contributed by atoms with Gasteiger partial charge in [-0.2, -0.15) is 0 Å². The van der Waals surface area contributed by atoms with E-state index in [1.807, 2.05) is 56.3 Å². The first kappa shape index (κ1) is 12.2. The minimum absolute atomic E-state index is 0.450. The first-order valence-corrected chi connectivity index (χ1v) is 5.74. The van der Waals surface area contributed by atoms with Gasteiger partial charge in [0.1, 0.15) is 5.75 Å². The normalized spacial score (nSPS) is 10.2. The van der Waals surface area contributed by atoms with Crippen molar-refractivity contribution in [3.63, 3.8) is 0 Å². The van der Waals surface area contributed by atoms with Gasteiger partial charge in [0, 0.05) is 31.5 Å². The van der Waals surface area contributed by atoms with Crippen molar-refractivity contribution in [3.8, 4) is 11.6 Å². The lowest BCUT2D eigenvalue weighted by Gasteiger charge is -2.14. The Morgan fingerprint density at radius 3 is 2.67 bits per heavy atom. The van der Waals surface area contributed by atoms with Crippen molar-refractivity contribution in [2.45, 2.75) is 6.92 Å². The molecule has 0 fully saturated rings. The van der Waals surface area contributed by atoms with E-state index < -0.39 is 0 Å². The second-order valence-corrected chi connectivity index (χ2v) is 4.34. The summed E-state index contributed by atoms with van der Waals surface area (Å²) in [6.07, 6.45) is 0. The zero-order chi connectivity index (χ0) is 13.1. The molecule has 1 aromatic heterocycles. The second-order valence-electron chi connectivity index (χ2n) is 4.34. The number of rotatable bonds is 3. The summed E-state index contributed by atoms with van der Waals surface area (Å²) in [6, 6.07) is 11.4. The Bertz CT molecular complexity index is 552. The maximum atomic E-state index is 5.84. The smallest absolute Gasteiger partial charge is 0.242 e. The van der Waals surface area contributed by atoms with Crippen LogP contribution in [-0.2, 0) is 0 Å². The fraction of sp³-hybridized carbons (Fsp3) is 0.214. The van der Waals surface area contributed by atoms with Gasteiger partial charge in [-0.25, -0.2) is 4.98 Å². The Morgan fingerprint density at radius 1 is 1.17 bits per heavy atom. The number of nitrogens with zero attached hydrogens (tertiary/aromatic N) is 2. The summed E-state index contributed by atoms with van der Waals surface area (Å²) in [5.41, 5.74) is 8.32. The van der Waals surface area contributed by atoms with Crippen LogP contribution in [0.3, 0.4) is 0 Å². The highest BCUT2D eigenvalue weighted by molar-refractivity contribution is 5.53. The molecule has 0 bridgehead atoms. The van der Waals surface area contributed by atoms with Crippen LogP contribution in [0.1, 0.15) is 5.69 Å². The highest BCUT2D eigenvalue weighted by Gasteiger charge is 2.05. The molecule has 2 N–H and O–H groups in total. The molecule has 0 spiro atoms. The second kappa shape index (κ2) is 4.96. The quantitative estimate of drug-likeness (QED) is 0.900. The van der Waals surface area contributed by atoms with Gasteiger partial charge in [-0.05, 0) is 31.2 Å². The van der Waals surface area contributed by atoms with Crippen LogP contribution >= 0.6 is 0 Å². The summed E-state index contributed by atoms with van der Waals surface area (Å²) in [7, 11) is 3.97. The van der Waals surface area contributed by atoms with Crippen molar-refractivity contribution in [1.82, 2.24) is 4.98 Å². The van der Waals surface area contributed by atoms with E-state index in [0.29, 0.717) is 11.6 Å². The first-order chi connectivity index (χ1) is 8.56. The van der Waals surface area contributed by atoms with Gasteiger partial charge in [0.15, 0.2) is 0 Å². The molecule has 1 heterocycles. The number of benzene rings is 1. The molecular weight excluding hydrogens is 226 g/mol. The maximum Gasteiger partial charge on any atom is 0.242 e. The number of hydrogen-bond acceptors (Lipinski definition) is 4. The summed E-state index contributed by atoms with van der Waals surface area (Å²) in [5.74, 6) is 1.18. The molecule has 18 heavy (non-hydrogen) atoms. The number of pyridine rings is 1. The van der Waals surface area contributed by atoms with E-state index in [2.05, 4.69) is 4.98 Å². The molecular formula is C14H17N3O. The van der Waals surface area contributed by atoms with E-state index in [9.17, 15) is 0 Å². The van der Waals surface area contributed by atoms with Crippen LogP contribution in [0.15, 0.2) is 36.4 Å². The van der Waals surface area contributed by atoms with Gasteiger partial charge in [-0.1, -0.05) is 6.07 Å². The first-order valence-electron chi connectivity index (χ1n) is 5.74. The summed E-state index contributed by atoms with van der Waals surface area (Å²) < 4.78 is 5.72. The third-order valence-electron chi connectivity index (χ3n) is 2.58. The Hall–Kier alpha value is -2.23. The molecule has 0 radical (unpaired) electrons. The lowest BCUT2D eigenvalue weighted by molar-refractivity contribution is 0.464. The van der Waals surface area contributed by atoms with Crippen molar-refractivity contribution in [1.29, 1.82) is 0 Å². The Kier molecular flexibility index (Phi) is 3.37. The van der Waals surface area contributed by atoms with Crippen LogP contribution in [-0.4, -0.2) is 19.1 Å². The number of nitrogens with two attached hydrogens (primary N) is 1.